The van der Waals surface area contributed by atoms with E-state index in [2.05, 4.69) is 4.98 Å². The normalized spacial score (nSPS) is 16.7. The number of hydrogen-bond acceptors (Lipinski definition) is 5. The molecule has 0 radical (unpaired) electrons. The van der Waals surface area contributed by atoms with Crippen molar-refractivity contribution in [2.24, 2.45) is 0 Å². The Morgan fingerprint density at radius 1 is 1.59 bits per heavy atom. The molecule has 5 nitrogen and oxygen atoms in total. The smallest absolute Gasteiger partial charge is 0.254 e. The quantitative estimate of drug-likeness (QED) is 0.888. The van der Waals surface area contributed by atoms with E-state index in [0.717, 1.165) is 24.2 Å². The van der Waals surface area contributed by atoms with Crippen LogP contribution < -0.4 is 0 Å². The van der Waals surface area contributed by atoms with Gasteiger partial charge in [0.1, 0.15) is 0 Å². The van der Waals surface area contributed by atoms with Gasteiger partial charge in [-0.3, -0.25) is 0 Å². The molecule has 0 aliphatic heterocycles. The number of rotatable bonds is 5. The minimum absolute atomic E-state index is 0.0208. The molecule has 0 bridgehead atoms. The van der Waals surface area contributed by atoms with Crippen LogP contribution in [0.5, 0.6) is 0 Å². The molecule has 0 saturated heterocycles. The highest BCUT2D eigenvalue weighted by atomic mass is 35.5. The van der Waals surface area contributed by atoms with Gasteiger partial charge in [0.25, 0.3) is 10.0 Å². The van der Waals surface area contributed by atoms with Crippen molar-refractivity contribution in [1.29, 1.82) is 0 Å². The first-order valence-corrected chi connectivity index (χ1v) is 7.86. The standard InChI is InChI=1S/C9H13ClN2O3S2/c1-6-8(16-9(10)11-6)17(14,15)12(4-5-13)7-2-3-7/h7,13H,2-5H2,1H3. The van der Waals surface area contributed by atoms with Crippen LogP contribution in [0.25, 0.3) is 0 Å². The maximum atomic E-state index is 12.4. The largest absolute Gasteiger partial charge is 0.395 e. The van der Waals surface area contributed by atoms with Crippen molar-refractivity contribution in [1.82, 2.24) is 9.29 Å². The summed E-state index contributed by atoms with van der Waals surface area (Å²) < 4.78 is 26.5. The number of sulfonamides is 1. The molecule has 0 amide bonds. The molecule has 0 unspecified atom stereocenters. The first-order chi connectivity index (χ1) is 7.96. The summed E-state index contributed by atoms with van der Waals surface area (Å²) in [5, 5.41) is 8.95. The number of aryl methyl sites for hydroxylation is 1. The Kier molecular flexibility index (Phi) is 3.74. The van der Waals surface area contributed by atoms with E-state index in [1.165, 1.54) is 4.31 Å². The average molecular weight is 297 g/mol. The highest BCUT2D eigenvalue weighted by Crippen LogP contribution is 2.35. The summed E-state index contributed by atoms with van der Waals surface area (Å²) >= 11 is 6.69. The number of aromatic nitrogens is 1. The number of nitrogens with zero attached hydrogens (tertiary/aromatic N) is 2. The van der Waals surface area contributed by atoms with Gasteiger partial charge in [-0.05, 0) is 19.8 Å². The van der Waals surface area contributed by atoms with E-state index in [1.54, 1.807) is 6.92 Å². The predicted octanol–water partition coefficient (Wildman–Crippen LogP) is 1.25. The van der Waals surface area contributed by atoms with Crippen molar-refractivity contribution in [3.8, 4) is 0 Å². The van der Waals surface area contributed by atoms with Gasteiger partial charge < -0.3 is 5.11 Å². The zero-order valence-electron chi connectivity index (χ0n) is 9.26. The molecular formula is C9H13ClN2O3S2. The summed E-state index contributed by atoms with van der Waals surface area (Å²) in [5.41, 5.74) is 0.420. The van der Waals surface area contributed by atoms with Gasteiger partial charge in [0.05, 0.1) is 12.3 Å². The molecule has 1 aliphatic rings. The Hall–Kier alpha value is -0.210. The number of thiazole rings is 1. The van der Waals surface area contributed by atoms with Gasteiger partial charge in [0.2, 0.25) is 0 Å². The molecule has 1 aromatic heterocycles. The number of aliphatic hydroxyl groups is 1. The molecule has 1 aliphatic carbocycles. The van der Waals surface area contributed by atoms with Crippen molar-refractivity contribution in [2.45, 2.75) is 30.0 Å². The average Bonchev–Trinajstić information content (AvgIpc) is 3.00. The second-order valence-electron chi connectivity index (χ2n) is 3.91. The van der Waals surface area contributed by atoms with Gasteiger partial charge >= 0.3 is 0 Å². The summed E-state index contributed by atoms with van der Waals surface area (Å²) in [4.78, 5) is 3.92. The van der Waals surface area contributed by atoms with Crippen LogP contribution in [-0.4, -0.2) is 42.0 Å². The van der Waals surface area contributed by atoms with Crippen molar-refractivity contribution >= 4 is 33.0 Å². The van der Waals surface area contributed by atoms with Crippen LogP contribution in [0.4, 0.5) is 0 Å². The fourth-order valence-electron chi connectivity index (χ4n) is 1.66. The van der Waals surface area contributed by atoms with Crippen molar-refractivity contribution in [3.05, 3.63) is 10.2 Å². The van der Waals surface area contributed by atoms with Gasteiger partial charge in [0.15, 0.2) is 8.68 Å². The summed E-state index contributed by atoms with van der Waals surface area (Å²) in [5.74, 6) is 0. The molecule has 17 heavy (non-hydrogen) atoms. The number of aliphatic hydroxyl groups excluding tert-OH is 1. The van der Waals surface area contributed by atoms with Crippen LogP contribution in [0.2, 0.25) is 4.47 Å². The molecule has 0 spiro atoms. The molecule has 2 rings (SSSR count). The topological polar surface area (TPSA) is 70.5 Å². The highest BCUT2D eigenvalue weighted by molar-refractivity contribution is 7.91. The Morgan fingerprint density at radius 3 is 2.65 bits per heavy atom. The molecule has 1 aromatic rings. The summed E-state index contributed by atoms with van der Waals surface area (Å²) in [6, 6.07) is 0.0208. The van der Waals surface area contributed by atoms with Crippen molar-refractivity contribution in [2.75, 3.05) is 13.2 Å². The third-order valence-corrected chi connectivity index (χ3v) is 6.35. The molecule has 8 heteroatoms. The lowest BCUT2D eigenvalue weighted by Gasteiger charge is -2.19. The molecule has 0 atom stereocenters. The fraction of sp³-hybridized carbons (Fsp3) is 0.667. The Balaban J connectivity index is 2.36. The molecular weight excluding hydrogens is 284 g/mol. The third kappa shape index (κ3) is 2.63. The summed E-state index contributed by atoms with van der Waals surface area (Å²) in [7, 11) is -3.56. The minimum Gasteiger partial charge on any atom is -0.395 e. The minimum atomic E-state index is -3.56. The maximum absolute atomic E-state index is 12.4. The third-order valence-electron chi connectivity index (χ3n) is 2.55. The van der Waals surface area contributed by atoms with E-state index < -0.39 is 10.0 Å². The second-order valence-corrected chi connectivity index (χ2v) is 7.58. The Labute approximate surface area is 109 Å². The van der Waals surface area contributed by atoms with E-state index in [9.17, 15) is 8.42 Å². The van der Waals surface area contributed by atoms with E-state index in [0.29, 0.717) is 5.69 Å². The molecule has 96 valence electrons. The SMILES string of the molecule is Cc1nc(Cl)sc1S(=O)(=O)N(CCO)C1CC1. The fourth-order valence-corrected chi connectivity index (χ4v) is 5.18. The predicted molar refractivity (Wildman–Crippen MR) is 65.9 cm³/mol. The van der Waals surface area contributed by atoms with E-state index in [-0.39, 0.29) is 27.9 Å². The van der Waals surface area contributed by atoms with Crippen LogP contribution in [0, 0.1) is 6.92 Å². The van der Waals surface area contributed by atoms with Gasteiger partial charge in [0, 0.05) is 12.6 Å². The second kappa shape index (κ2) is 4.81. The van der Waals surface area contributed by atoms with Crippen LogP contribution >= 0.6 is 22.9 Å². The van der Waals surface area contributed by atoms with Crippen LogP contribution in [0.15, 0.2) is 4.21 Å². The summed E-state index contributed by atoms with van der Waals surface area (Å²) in [6.07, 6.45) is 1.70. The van der Waals surface area contributed by atoms with Crippen LogP contribution in [0.1, 0.15) is 18.5 Å². The van der Waals surface area contributed by atoms with Gasteiger partial charge in [-0.1, -0.05) is 22.9 Å². The van der Waals surface area contributed by atoms with Crippen LogP contribution in [-0.2, 0) is 10.0 Å². The molecule has 0 aromatic carbocycles. The first-order valence-electron chi connectivity index (χ1n) is 5.22. The van der Waals surface area contributed by atoms with Crippen molar-refractivity contribution < 1.29 is 13.5 Å². The molecule has 1 N–H and O–H groups in total. The van der Waals surface area contributed by atoms with E-state index >= 15 is 0 Å². The van der Waals surface area contributed by atoms with Crippen LogP contribution in [0.3, 0.4) is 0 Å². The first kappa shape index (κ1) is 13.2. The zero-order valence-corrected chi connectivity index (χ0v) is 11.6. The number of hydrogen-bond donors (Lipinski definition) is 1. The Bertz CT molecular complexity index is 510. The Morgan fingerprint density at radius 2 is 2.24 bits per heavy atom. The monoisotopic (exact) mass is 296 g/mol. The van der Waals surface area contributed by atoms with E-state index in [1.807, 2.05) is 0 Å². The lowest BCUT2D eigenvalue weighted by atomic mass is 10.6. The molecule has 1 saturated carbocycles. The zero-order chi connectivity index (χ0) is 12.6. The number of halogens is 1. The van der Waals surface area contributed by atoms with Gasteiger partial charge in [-0.25, -0.2) is 13.4 Å². The molecule has 1 fully saturated rings. The summed E-state index contributed by atoms with van der Waals surface area (Å²) in [6.45, 7) is 1.57. The highest BCUT2D eigenvalue weighted by Gasteiger charge is 2.39. The van der Waals surface area contributed by atoms with E-state index in [4.69, 9.17) is 16.7 Å². The van der Waals surface area contributed by atoms with Gasteiger partial charge in [-0.15, -0.1) is 0 Å². The lowest BCUT2D eigenvalue weighted by molar-refractivity contribution is 0.250. The van der Waals surface area contributed by atoms with Crippen molar-refractivity contribution in [3.63, 3.8) is 0 Å². The molecule has 1 heterocycles. The maximum Gasteiger partial charge on any atom is 0.254 e. The van der Waals surface area contributed by atoms with Gasteiger partial charge in [-0.2, -0.15) is 4.31 Å². The lowest BCUT2D eigenvalue weighted by Crippen LogP contribution is -2.35.